The molecule has 0 spiro atoms. The summed E-state index contributed by atoms with van der Waals surface area (Å²) in [5.41, 5.74) is 1.03. The van der Waals surface area contributed by atoms with Gasteiger partial charge in [0.2, 0.25) is 0 Å². The first-order valence-electron chi connectivity index (χ1n) is 5.58. The van der Waals surface area contributed by atoms with Crippen LogP contribution in [-0.2, 0) is 6.54 Å². The van der Waals surface area contributed by atoms with Gasteiger partial charge in [-0.3, -0.25) is 0 Å². The van der Waals surface area contributed by atoms with E-state index in [1.54, 1.807) is 12.4 Å². The average Bonchev–Trinajstić information content (AvgIpc) is 2.34. The monoisotopic (exact) mass is 257 g/mol. The van der Waals surface area contributed by atoms with Crippen molar-refractivity contribution >= 4 is 11.8 Å². The molecule has 6 heteroatoms. The molecule has 0 radical (unpaired) electrons. The third kappa shape index (κ3) is 5.97. The van der Waals surface area contributed by atoms with Gasteiger partial charge in [-0.05, 0) is 0 Å². The zero-order valence-corrected chi connectivity index (χ0v) is 10.9. The molecule has 0 bridgehead atoms. The van der Waals surface area contributed by atoms with E-state index >= 15 is 0 Å². The highest BCUT2D eigenvalue weighted by Crippen LogP contribution is 2.13. The van der Waals surface area contributed by atoms with Crippen LogP contribution < -0.4 is 5.32 Å². The Morgan fingerprint density at radius 2 is 2.00 bits per heavy atom. The van der Waals surface area contributed by atoms with E-state index in [9.17, 15) is 5.11 Å². The fourth-order valence-corrected chi connectivity index (χ4v) is 1.76. The minimum absolute atomic E-state index is 0.233. The highest BCUT2D eigenvalue weighted by Gasteiger charge is 2.05. The average molecular weight is 257 g/mol. The maximum atomic E-state index is 9.18. The van der Waals surface area contributed by atoms with Crippen molar-refractivity contribution in [2.45, 2.75) is 37.7 Å². The summed E-state index contributed by atoms with van der Waals surface area (Å²) >= 11 is 1.33. The van der Waals surface area contributed by atoms with Crippen LogP contribution in [0.3, 0.4) is 0 Å². The van der Waals surface area contributed by atoms with Gasteiger partial charge in [-0.25, -0.2) is 9.97 Å². The maximum Gasteiger partial charge on any atom is 0.187 e. The first kappa shape index (κ1) is 14.4. The van der Waals surface area contributed by atoms with Crippen LogP contribution in [0.2, 0.25) is 0 Å². The molecule has 0 aliphatic carbocycles. The molecule has 1 atom stereocenters. The van der Waals surface area contributed by atoms with E-state index in [0.29, 0.717) is 17.0 Å². The Kier molecular flexibility index (Phi) is 6.43. The van der Waals surface area contributed by atoms with Gasteiger partial charge < -0.3 is 15.5 Å². The van der Waals surface area contributed by atoms with E-state index in [4.69, 9.17) is 5.11 Å². The van der Waals surface area contributed by atoms with E-state index in [2.05, 4.69) is 29.1 Å². The Morgan fingerprint density at radius 3 is 2.53 bits per heavy atom. The van der Waals surface area contributed by atoms with E-state index < -0.39 is 6.10 Å². The first-order chi connectivity index (χ1) is 8.11. The molecule has 0 saturated heterocycles. The molecule has 0 aromatic carbocycles. The molecule has 0 amide bonds. The SMILES string of the molecule is CC(C)NCc1cnc(SCC(O)CO)nc1. The molecule has 17 heavy (non-hydrogen) atoms. The lowest BCUT2D eigenvalue weighted by Crippen LogP contribution is -2.22. The lowest BCUT2D eigenvalue weighted by Gasteiger charge is -2.08. The normalized spacial score (nSPS) is 13.0. The van der Waals surface area contributed by atoms with Crippen LogP contribution in [-0.4, -0.2) is 44.7 Å². The minimum Gasteiger partial charge on any atom is -0.394 e. The van der Waals surface area contributed by atoms with Crippen molar-refractivity contribution in [1.29, 1.82) is 0 Å². The summed E-state index contributed by atoms with van der Waals surface area (Å²) in [6.07, 6.45) is 2.83. The second kappa shape index (κ2) is 7.60. The van der Waals surface area contributed by atoms with E-state index in [1.807, 2.05) is 0 Å². The van der Waals surface area contributed by atoms with Gasteiger partial charge in [-0.1, -0.05) is 25.6 Å². The number of hydrogen-bond donors (Lipinski definition) is 3. The third-order valence-electron chi connectivity index (χ3n) is 2.01. The number of aliphatic hydroxyl groups excluding tert-OH is 2. The number of aromatic nitrogens is 2. The molecule has 0 aliphatic rings. The van der Waals surface area contributed by atoms with Crippen LogP contribution in [0.5, 0.6) is 0 Å². The van der Waals surface area contributed by atoms with Gasteiger partial charge in [-0.15, -0.1) is 0 Å². The van der Waals surface area contributed by atoms with Crippen molar-refractivity contribution in [2.24, 2.45) is 0 Å². The summed E-state index contributed by atoms with van der Waals surface area (Å²) in [5.74, 6) is 0.403. The maximum absolute atomic E-state index is 9.18. The largest absolute Gasteiger partial charge is 0.394 e. The van der Waals surface area contributed by atoms with Crippen molar-refractivity contribution in [1.82, 2.24) is 15.3 Å². The molecule has 3 N–H and O–H groups in total. The fourth-order valence-electron chi connectivity index (χ4n) is 1.05. The van der Waals surface area contributed by atoms with Crippen LogP contribution in [0.25, 0.3) is 0 Å². The third-order valence-corrected chi connectivity index (χ3v) is 3.03. The number of rotatable bonds is 7. The van der Waals surface area contributed by atoms with Gasteiger partial charge in [0.25, 0.3) is 0 Å². The summed E-state index contributed by atoms with van der Waals surface area (Å²) in [6, 6.07) is 0.434. The van der Waals surface area contributed by atoms with Gasteiger partial charge in [0.15, 0.2) is 5.16 Å². The molecule has 1 unspecified atom stereocenters. The Morgan fingerprint density at radius 1 is 1.35 bits per heavy atom. The van der Waals surface area contributed by atoms with Crippen LogP contribution in [0, 0.1) is 0 Å². The Bertz CT molecular complexity index is 319. The van der Waals surface area contributed by atoms with Crippen molar-refractivity contribution in [2.75, 3.05) is 12.4 Å². The number of nitrogens with zero attached hydrogens (tertiary/aromatic N) is 2. The highest BCUT2D eigenvalue weighted by atomic mass is 32.2. The summed E-state index contributed by atoms with van der Waals surface area (Å²) in [7, 11) is 0. The molecule has 1 aromatic rings. The second-order valence-corrected chi connectivity index (χ2v) is 5.04. The Hall–Kier alpha value is -0.690. The van der Waals surface area contributed by atoms with Crippen LogP contribution in [0.1, 0.15) is 19.4 Å². The molecular formula is C11H19N3O2S. The fraction of sp³-hybridized carbons (Fsp3) is 0.636. The topological polar surface area (TPSA) is 78.3 Å². The van der Waals surface area contributed by atoms with E-state index in [-0.39, 0.29) is 6.61 Å². The quantitative estimate of drug-likeness (QED) is 0.485. The van der Waals surface area contributed by atoms with Crippen LogP contribution in [0.4, 0.5) is 0 Å². The summed E-state index contributed by atoms with van der Waals surface area (Å²) in [6.45, 7) is 4.69. The second-order valence-electron chi connectivity index (χ2n) is 4.06. The zero-order valence-electron chi connectivity index (χ0n) is 10.1. The van der Waals surface area contributed by atoms with Crippen LogP contribution in [0.15, 0.2) is 17.6 Å². The van der Waals surface area contributed by atoms with E-state index in [0.717, 1.165) is 12.1 Å². The molecule has 96 valence electrons. The molecule has 1 heterocycles. The van der Waals surface area contributed by atoms with Crippen molar-refractivity contribution in [3.05, 3.63) is 18.0 Å². The van der Waals surface area contributed by atoms with Gasteiger partial charge in [-0.2, -0.15) is 0 Å². The molecule has 0 fully saturated rings. The van der Waals surface area contributed by atoms with Crippen molar-refractivity contribution < 1.29 is 10.2 Å². The molecule has 1 rings (SSSR count). The predicted octanol–water partition coefficient (Wildman–Crippen LogP) is 0.420. The number of hydrogen-bond acceptors (Lipinski definition) is 6. The van der Waals surface area contributed by atoms with Crippen LogP contribution >= 0.6 is 11.8 Å². The highest BCUT2D eigenvalue weighted by molar-refractivity contribution is 7.99. The number of thioether (sulfide) groups is 1. The van der Waals surface area contributed by atoms with Gasteiger partial charge >= 0.3 is 0 Å². The zero-order chi connectivity index (χ0) is 12.7. The summed E-state index contributed by atoms with van der Waals surface area (Å²) < 4.78 is 0. The molecule has 1 aromatic heterocycles. The first-order valence-corrected chi connectivity index (χ1v) is 6.56. The summed E-state index contributed by atoms with van der Waals surface area (Å²) in [4.78, 5) is 8.36. The van der Waals surface area contributed by atoms with Gasteiger partial charge in [0.1, 0.15) is 0 Å². The molecule has 0 aliphatic heterocycles. The van der Waals surface area contributed by atoms with Crippen molar-refractivity contribution in [3.63, 3.8) is 0 Å². The molecule has 0 saturated carbocycles. The number of aliphatic hydroxyl groups is 2. The molecular weight excluding hydrogens is 238 g/mol. The summed E-state index contributed by atoms with van der Waals surface area (Å²) in [5, 5.41) is 21.7. The lowest BCUT2D eigenvalue weighted by molar-refractivity contribution is 0.113. The minimum atomic E-state index is -0.717. The molecule has 5 nitrogen and oxygen atoms in total. The smallest absolute Gasteiger partial charge is 0.187 e. The van der Waals surface area contributed by atoms with Gasteiger partial charge in [0, 0.05) is 36.3 Å². The standard InChI is InChI=1S/C11H19N3O2S/c1-8(2)12-3-9-4-13-11(14-5-9)17-7-10(16)6-15/h4-5,8,10,12,15-16H,3,6-7H2,1-2H3. The Balaban J connectivity index is 2.39. The van der Waals surface area contributed by atoms with E-state index in [1.165, 1.54) is 11.8 Å². The van der Waals surface area contributed by atoms with Crippen molar-refractivity contribution in [3.8, 4) is 0 Å². The number of nitrogens with one attached hydrogen (secondary N) is 1. The lowest BCUT2D eigenvalue weighted by atomic mass is 10.3. The Labute approximate surface area is 106 Å². The van der Waals surface area contributed by atoms with Gasteiger partial charge in [0.05, 0.1) is 12.7 Å². The predicted molar refractivity (Wildman–Crippen MR) is 67.8 cm³/mol.